The second-order valence-electron chi connectivity index (χ2n) is 5.34. The summed E-state index contributed by atoms with van der Waals surface area (Å²) in [7, 11) is 1.87. The van der Waals surface area contributed by atoms with Crippen molar-refractivity contribution in [3.8, 4) is 0 Å². The number of nitrogens with two attached hydrogens (primary N) is 1. The van der Waals surface area contributed by atoms with Gasteiger partial charge in [0.25, 0.3) is 0 Å². The number of anilines is 1. The molecule has 0 aliphatic carbocycles. The summed E-state index contributed by atoms with van der Waals surface area (Å²) in [6.07, 6.45) is 0.705. The molecule has 4 nitrogen and oxygen atoms in total. The highest BCUT2D eigenvalue weighted by atomic mass is 16.2. The minimum atomic E-state index is -0.120. The van der Waals surface area contributed by atoms with Gasteiger partial charge in [0.15, 0.2) is 0 Å². The Morgan fingerprint density at radius 2 is 2.05 bits per heavy atom. The van der Waals surface area contributed by atoms with Crippen LogP contribution in [0.25, 0.3) is 0 Å². The topological polar surface area (TPSA) is 49.6 Å². The van der Waals surface area contributed by atoms with Crippen LogP contribution in [0.4, 0.5) is 5.69 Å². The normalized spacial score (nSPS) is 20.0. The van der Waals surface area contributed by atoms with Crippen molar-refractivity contribution in [3.05, 3.63) is 29.3 Å². The molecule has 104 valence electrons. The molecular weight excluding hydrogens is 238 g/mol. The molecule has 1 aliphatic heterocycles. The Morgan fingerprint density at radius 1 is 1.32 bits per heavy atom. The zero-order valence-corrected chi connectivity index (χ0v) is 12.0. The Kier molecular flexibility index (Phi) is 4.10. The predicted molar refractivity (Wildman–Crippen MR) is 78.4 cm³/mol. The summed E-state index contributed by atoms with van der Waals surface area (Å²) in [5, 5.41) is 0. The number of carbonyl (C=O) groups is 1. The lowest BCUT2D eigenvalue weighted by molar-refractivity contribution is -0.133. The zero-order chi connectivity index (χ0) is 14.0. The van der Waals surface area contributed by atoms with Crippen LogP contribution in [-0.4, -0.2) is 43.5 Å². The Balaban J connectivity index is 2.32. The van der Waals surface area contributed by atoms with Crippen molar-refractivity contribution in [3.63, 3.8) is 0 Å². The van der Waals surface area contributed by atoms with Crippen molar-refractivity contribution < 1.29 is 4.79 Å². The molecule has 1 aliphatic rings. The number of likely N-dealkylation sites (N-methyl/N-ethyl adjacent to an activating group) is 1. The van der Waals surface area contributed by atoms with E-state index in [0.717, 1.165) is 18.8 Å². The molecule has 0 radical (unpaired) electrons. The summed E-state index contributed by atoms with van der Waals surface area (Å²) in [5.41, 5.74) is 9.30. The van der Waals surface area contributed by atoms with Crippen LogP contribution in [0.3, 0.4) is 0 Å². The van der Waals surface area contributed by atoms with Crippen LogP contribution < -0.4 is 10.6 Å². The molecule has 1 aromatic rings. The van der Waals surface area contributed by atoms with E-state index < -0.39 is 0 Å². The number of nitrogens with zero attached hydrogens (tertiary/aromatic N) is 2. The van der Waals surface area contributed by atoms with Gasteiger partial charge in [-0.25, -0.2) is 0 Å². The maximum absolute atomic E-state index is 12.3. The number of rotatable bonds is 3. The molecule has 0 aromatic heterocycles. The summed E-state index contributed by atoms with van der Waals surface area (Å²) in [6.45, 7) is 6.36. The van der Waals surface area contributed by atoms with Crippen LogP contribution in [0, 0.1) is 13.8 Å². The maximum atomic E-state index is 12.3. The van der Waals surface area contributed by atoms with Gasteiger partial charge in [-0.1, -0.05) is 17.7 Å². The van der Waals surface area contributed by atoms with E-state index in [4.69, 9.17) is 5.73 Å². The van der Waals surface area contributed by atoms with Crippen LogP contribution >= 0.6 is 0 Å². The molecule has 2 rings (SSSR count). The fourth-order valence-electron chi connectivity index (χ4n) is 2.76. The third-order valence-corrected chi connectivity index (χ3v) is 3.82. The van der Waals surface area contributed by atoms with Crippen molar-refractivity contribution in [2.24, 2.45) is 5.73 Å². The fourth-order valence-corrected chi connectivity index (χ4v) is 2.76. The Labute approximate surface area is 115 Å². The van der Waals surface area contributed by atoms with E-state index >= 15 is 0 Å². The molecular formula is C15H23N3O. The summed E-state index contributed by atoms with van der Waals surface area (Å²) in [5.74, 6) is 0.177. The Morgan fingerprint density at radius 3 is 2.68 bits per heavy atom. The highest BCUT2D eigenvalue weighted by molar-refractivity contribution is 5.86. The highest BCUT2D eigenvalue weighted by Gasteiger charge is 2.32. The highest BCUT2D eigenvalue weighted by Crippen LogP contribution is 2.26. The lowest BCUT2D eigenvalue weighted by Crippen LogP contribution is -2.56. The molecule has 1 amide bonds. The van der Waals surface area contributed by atoms with Crippen LogP contribution in [0.1, 0.15) is 17.5 Å². The third kappa shape index (κ3) is 2.73. The fraction of sp³-hybridized carbons (Fsp3) is 0.533. The first kappa shape index (κ1) is 13.9. The van der Waals surface area contributed by atoms with Crippen molar-refractivity contribution in [1.82, 2.24) is 4.90 Å². The predicted octanol–water partition coefficient (Wildman–Crippen LogP) is 1.30. The molecule has 1 saturated heterocycles. The van der Waals surface area contributed by atoms with E-state index in [-0.39, 0.29) is 11.9 Å². The second-order valence-corrected chi connectivity index (χ2v) is 5.34. The number of benzene rings is 1. The Bertz CT molecular complexity index is 472. The summed E-state index contributed by atoms with van der Waals surface area (Å²) in [6, 6.07) is 6.26. The van der Waals surface area contributed by atoms with Gasteiger partial charge in [0.2, 0.25) is 5.91 Å². The average Bonchev–Trinajstić information content (AvgIpc) is 2.36. The molecule has 0 saturated carbocycles. The quantitative estimate of drug-likeness (QED) is 0.892. The standard InChI is InChI=1S/C15H23N3O/c1-11-4-5-13(12(2)10-11)18-9-8-17(3)15(19)14(18)6-7-16/h4-5,10,14H,6-9,16H2,1-3H3. The molecule has 1 aromatic carbocycles. The van der Waals surface area contributed by atoms with E-state index in [1.807, 2.05) is 7.05 Å². The van der Waals surface area contributed by atoms with Crippen molar-refractivity contribution in [2.45, 2.75) is 26.3 Å². The van der Waals surface area contributed by atoms with Gasteiger partial charge in [-0.15, -0.1) is 0 Å². The van der Waals surface area contributed by atoms with Crippen molar-refractivity contribution in [1.29, 1.82) is 0 Å². The van der Waals surface area contributed by atoms with Gasteiger partial charge in [0, 0.05) is 25.8 Å². The van der Waals surface area contributed by atoms with Crippen molar-refractivity contribution >= 4 is 11.6 Å². The first-order valence-electron chi connectivity index (χ1n) is 6.83. The zero-order valence-electron chi connectivity index (χ0n) is 12.0. The van der Waals surface area contributed by atoms with Gasteiger partial charge in [-0.3, -0.25) is 4.79 Å². The van der Waals surface area contributed by atoms with Gasteiger partial charge < -0.3 is 15.5 Å². The van der Waals surface area contributed by atoms with Gasteiger partial charge in [-0.05, 0) is 38.4 Å². The largest absolute Gasteiger partial charge is 0.357 e. The van der Waals surface area contributed by atoms with E-state index in [0.29, 0.717) is 13.0 Å². The second kappa shape index (κ2) is 5.61. The van der Waals surface area contributed by atoms with Crippen molar-refractivity contribution in [2.75, 3.05) is 31.6 Å². The summed E-state index contributed by atoms with van der Waals surface area (Å²) < 4.78 is 0. The molecule has 19 heavy (non-hydrogen) atoms. The molecule has 2 N–H and O–H groups in total. The summed E-state index contributed by atoms with van der Waals surface area (Å²) >= 11 is 0. The SMILES string of the molecule is Cc1ccc(N2CCN(C)C(=O)C2CCN)c(C)c1. The summed E-state index contributed by atoms with van der Waals surface area (Å²) in [4.78, 5) is 16.3. The van der Waals surface area contributed by atoms with E-state index in [1.165, 1.54) is 11.1 Å². The minimum Gasteiger partial charge on any atom is -0.357 e. The number of hydrogen-bond donors (Lipinski definition) is 1. The van der Waals surface area contributed by atoms with Crippen LogP contribution in [0.2, 0.25) is 0 Å². The van der Waals surface area contributed by atoms with Gasteiger partial charge in [0.1, 0.15) is 6.04 Å². The molecule has 4 heteroatoms. The Hall–Kier alpha value is -1.55. The number of piperazine rings is 1. The monoisotopic (exact) mass is 261 g/mol. The lowest BCUT2D eigenvalue weighted by Gasteiger charge is -2.41. The van der Waals surface area contributed by atoms with Gasteiger partial charge in [0.05, 0.1) is 0 Å². The molecule has 0 bridgehead atoms. The molecule has 1 atom stereocenters. The van der Waals surface area contributed by atoms with Crippen LogP contribution in [0.5, 0.6) is 0 Å². The molecule has 0 spiro atoms. The van der Waals surface area contributed by atoms with E-state index in [2.05, 4.69) is 36.9 Å². The van der Waals surface area contributed by atoms with Crippen LogP contribution in [-0.2, 0) is 4.79 Å². The molecule has 1 unspecified atom stereocenters. The molecule has 1 fully saturated rings. The van der Waals surface area contributed by atoms with E-state index in [9.17, 15) is 4.79 Å². The van der Waals surface area contributed by atoms with Gasteiger partial charge >= 0.3 is 0 Å². The van der Waals surface area contributed by atoms with E-state index in [1.54, 1.807) is 4.90 Å². The smallest absolute Gasteiger partial charge is 0.245 e. The first-order valence-corrected chi connectivity index (χ1v) is 6.83. The third-order valence-electron chi connectivity index (χ3n) is 3.82. The number of aryl methyl sites for hydroxylation is 2. The minimum absolute atomic E-state index is 0.120. The number of carbonyl (C=O) groups excluding carboxylic acids is 1. The number of amides is 1. The van der Waals surface area contributed by atoms with Crippen LogP contribution in [0.15, 0.2) is 18.2 Å². The maximum Gasteiger partial charge on any atom is 0.245 e. The first-order chi connectivity index (χ1) is 9.04. The lowest BCUT2D eigenvalue weighted by atomic mass is 10.0. The van der Waals surface area contributed by atoms with Gasteiger partial charge in [-0.2, -0.15) is 0 Å². The molecule has 1 heterocycles. The number of hydrogen-bond acceptors (Lipinski definition) is 3. The average molecular weight is 261 g/mol.